The lowest BCUT2D eigenvalue weighted by molar-refractivity contribution is 0.0518. The Hall–Kier alpha value is -2.47. The van der Waals surface area contributed by atoms with Crippen molar-refractivity contribution in [3.63, 3.8) is 0 Å². The molecule has 0 N–H and O–H groups in total. The Morgan fingerprint density at radius 2 is 0.879 bits per heavy atom. The van der Waals surface area contributed by atoms with E-state index in [1.807, 2.05) is 72.8 Å². The molecule has 0 heterocycles. The van der Waals surface area contributed by atoms with Crippen molar-refractivity contribution in [2.24, 2.45) is 0 Å². The van der Waals surface area contributed by atoms with Crippen molar-refractivity contribution in [3.05, 3.63) is 72.8 Å². The van der Waals surface area contributed by atoms with Crippen molar-refractivity contribution in [1.29, 1.82) is 0 Å². The Balaban J connectivity index is 2.37. The second kappa shape index (κ2) is 12.7. The normalized spacial score (nSPS) is 11.2. The standard InChI is InChI=1S/C25H28ClO6P/c1-27-17-30-20-10-4-7-13-23(20)33(16-26,24-14-8-5-11-21(24)31-18-28-2)25-15-9-6-12-22(25)32-19-29-3/h4-16H,17-19H2,1-3H3. The molecule has 0 radical (unpaired) electrons. The molecule has 0 atom stereocenters. The maximum Gasteiger partial charge on any atom is 0.188 e. The highest BCUT2D eigenvalue weighted by molar-refractivity contribution is 7.96. The van der Waals surface area contributed by atoms with E-state index in [1.54, 1.807) is 26.6 Å². The van der Waals surface area contributed by atoms with E-state index in [2.05, 4.69) is 0 Å². The molecule has 3 aromatic carbocycles. The lowest BCUT2D eigenvalue weighted by Crippen LogP contribution is -2.30. The summed E-state index contributed by atoms with van der Waals surface area (Å²) in [7, 11) is 4.75. The fourth-order valence-corrected chi connectivity index (χ4v) is 7.99. The molecule has 33 heavy (non-hydrogen) atoms. The average molecular weight is 491 g/mol. The van der Waals surface area contributed by atoms with Gasteiger partial charge in [0.2, 0.25) is 0 Å². The van der Waals surface area contributed by atoms with E-state index in [1.165, 1.54) is 0 Å². The Bertz CT molecular complexity index is 956. The van der Waals surface area contributed by atoms with Crippen molar-refractivity contribution in [2.45, 2.75) is 0 Å². The van der Waals surface area contributed by atoms with Crippen molar-refractivity contribution in [1.82, 2.24) is 0 Å². The van der Waals surface area contributed by atoms with Crippen LogP contribution in [0.2, 0.25) is 0 Å². The molecule has 0 saturated heterocycles. The summed E-state index contributed by atoms with van der Waals surface area (Å²) >= 11 is 6.81. The number of hydrogen-bond acceptors (Lipinski definition) is 6. The molecule has 3 aromatic rings. The molecule has 8 heteroatoms. The minimum Gasteiger partial charge on any atom is -0.467 e. The summed E-state index contributed by atoms with van der Waals surface area (Å²) in [5.41, 5.74) is 0. The van der Waals surface area contributed by atoms with Crippen LogP contribution in [0.3, 0.4) is 0 Å². The van der Waals surface area contributed by atoms with Crippen LogP contribution >= 0.6 is 18.5 Å². The lowest BCUT2D eigenvalue weighted by Gasteiger charge is -2.31. The zero-order chi connectivity index (χ0) is 23.5. The molecule has 0 bridgehead atoms. The molecule has 0 unspecified atom stereocenters. The first-order valence-corrected chi connectivity index (χ1v) is 12.5. The van der Waals surface area contributed by atoms with Gasteiger partial charge in [0.25, 0.3) is 0 Å². The first-order chi connectivity index (χ1) is 16.2. The molecule has 0 aliphatic carbocycles. The quantitative estimate of drug-likeness (QED) is 0.283. The molecular weight excluding hydrogens is 463 g/mol. The Morgan fingerprint density at radius 1 is 0.576 bits per heavy atom. The first kappa shape index (κ1) is 25.2. The zero-order valence-electron chi connectivity index (χ0n) is 18.9. The van der Waals surface area contributed by atoms with Crippen LogP contribution in [0.5, 0.6) is 17.2 Å². The summed E-state index contributed by atoms with van der Waals surface area (Å²) in [5.74, 6) is 1.98. The number of rotatable bonds is 12. The number of ether oxygens (including phenoxy) is 6. The molecule has 0 saturated carbocycles. The maximum absolute atomic E-state index is 6.81. The predicted octanol–water partition coefficient (Wildman–Crippen LogP) is 3.93. The second-order valence-corrected chi connectivity index (χ2v) is 10.5. The fourth-order valence-electron chi connectivity index (χ4n) is 3.53. The van der Waals surface area contributed by atoms with Crippen LogP contribution in [0, 0.1) is 0 Å². The molecular formula is C25H28ClO6P. The number of para-hydroxylation sites is 3. The molecule has 0 amide bonds. The van der Waals surface area contributed by atoms with Crippen LogP contribution in [0.4, 0.5) is 0 Å². The van der Waals surface area contributed by atoms with Gasteiger partial charge in [0.1, 0.15) is 17.2 Å². The third-order valence-electron chi connectivity index (χ3n) is 4.88. The van der Waals surface area contributed by atoms with Gasteiger partial charge in [-0.05, 0) is 25.1 Å². The molecule has 0 aliphatic heterocycles. The minimum absolute atomic E-state index is 0.100. The Kier molecular flexibility index (Phi) is 9.67. The van der Waals surface area contributed by atoms with Gasteiger partial charge < -0.3 is 28.4 Å². The number of benzene rings is 3. The highest BCUT2D eigenvalue weighted by atomic mass is 35.5. The summed E-state index contributed by atoms with van der Waals surface area (Å²) in [5, 5.41) is 4.42. The fraction of sp³-hybridized carbons (Fsp3) is 0.240. The second-order valence-electron chi connectivity index (χ2n) is 6.88. The van der Waals surface area contributed by atoms with Gasteiger partial charge in [0.15, 0.2) is 20.4 Å². The van der Waals surface area contributed by atoms with Gasteiger partial charge in [-0.1, -0.05) is 66.2 Å². The van der Waals surface area contributed by atoms with Gasteiger partial charge in [0, 0.05) is 42.5 Å². The van der Waals surface area contributed by atoms with Crippen LogP contribution < -0.4 is 30.1 Å². The summed E-state index contributed by atoms with van der Waals surface area (Å²) < 4.78 is 33.5. The van der Waals surface area contributed by atoms with Gasteiger partial charge in [-0.3, -0.25) is 0 Å². The van der Waals surface area contributed by atoms with Gasteiger partial charge >= 0.3 is 0 Å². The van der Waals surface area contributed by atoms with E-state index in [-0.39, 0.29) is 20.4 Å². The van der Waals surface area contributed by atoms with Crippen LogP contribution in [0.1, 0.15) is 0 Å². The molecule has 0 aliphatic rings. The third kappa shape index (κ3) is 5.55. The van der Waals surface area contributed by atoms with Gasteiger partial charge in [-0.2, -0.15) is 0 Å². The van der Waals surface area contributed by atoms with Crippen molar-refractivity contribution < 1.29 is 28.4 Å². The zero-order valence-corrected chi connectivity index (χ0v) is 20.6. The van der Waals surface area contributed by atoms with Gasteiger partial charge in [-0.25, -0.2) is 0 Å². The number of hydrogen-bond donors (Lipinski definition) is 0. The maximum atomic E-state index is 6.81. The van der Waals surface area contributed by atoms with Crippen molar-refractivity contribution in [3.8, 4) is 17.2 Å². The van der Waals surface area contributed by atoms with Crippen LogP contribution in [-0.2, 0) is 14.2 Å². The van der Waals surface area contributed by atoms with E-state index in [0.29, 0.717) is 17.2 Å². The largest absolute Gasteiger partial charge is 0.467 e. The van der Waals surface area contributed by atoms with E-state index < -0.39 is 6.89 Å². The van der Waals surface area contributed by atoms with Gasteiger partial charge in [-0.15, -0.1) is 0 Å². The van der Waals surface area contributed by atoms with E-state index in [0.717, 1.165) is 15.9 Å². The topological polar surface area (TPSA) is 55.4 Å². The van der Waals surface area contributed by atoms with Crippen LogP contribution in [-0.4, -0.2) is 47.0 Å². The van der Waals surface area contributed by atoms with Crippen molar-refractivity contribution >= 4 is 39.7 Å². The summed E-state index contributed by atoms with van der Waals surface area (Å²) in [6.45, 7) is -2.37. The molecule has 3 rings (SSSR count). The Labute approximate surface area is 199 Å². The predicted molar refractivity (Wildman–Crippen MR) is 135 cm³/mol. The third-order valence-corrected chi connectivity index (χ3v) is 9.44. The van der Waals surface area contributed by atoms with E-state index >= 15 is 0 Å². The monoisotopic (exact) mass is 490 g/mol. The highest BCUT2D eigenvalue weighted by Gasteiger charge is 2.33. The SMILES string of the molecule is COCOc1ccccc1P(=CCl)(c1ccccc1OCOC)c1ccccc1OCOC. The highest BCUT2D eigenvalue weighted by Crippen LogP contribution is 2.51. The molecule has 0 fully saturated rings. The Morgan fingerprint density at radius 3 is 1.15 bits per heavy atom. The summed E-state index contributed by atoms with van der Waals surface area (Å²) in [6.07, 6.45) is 0. The molecule has 176 valence electrons. The van der Waals surface area contributed by atoms with Crippen molar-refractivity contribution in [2.75, 3.05) is 41.7 Å². The lowest BCUT2D eigenvalue weighted by atomic mass is 10.3. The first-order valence-electron chi connectivity index (χ1n) is 10.2. The minimum atomic E-state index is -2.67. The summed E-state index contributed by atoms with van der Waals surface area (Å²) in [4.78, 5) is 0. The van der Waals surface area contributed by atoms with Crippen LogP contribution in [0.15, 0.2) is 72.8 Å². The van der Waals surface area contributed by atoms with Crippen LogP contribution in [0.25, 0.3) is 0 Å². The summed E-state index contributed by atoms with van der Waals surface area (Å²) in [6, 6.07) is 23.4. The molecule has 0 aromatic heterocycles. The number of methoxy groups -OCH3 is 3. The smallest absolute Gasteiger partial charge is 0.188 e. The average Bonchev–Trinajstić information content (AvgIpc) is 2.87. The molecule has 0 spiro atoms. The number of halogens is 1. The van der Waals surface area contributed by atoms with Gasteiger partial charge in [0.05, 0.1) is 0 Å². The van der Waals surface area contributed by atoms with E-state index in [4.69, 9.17) is 40.0 Å². The van der Waals surface area contributed by atoms with E-state index in [9.17, 15) is 0 Å². The molecule has 6 nitrogen and oxygen atoms in total.